The second kappa shape index (κ2) is 8.37. The fraction of sp³-hybridized carbons (Fsp3) is 0. The lowest BCUT2D eigenvalue weighted by molar-refractivity contribution is 0.521. The van der Waals surface area contributed by atoms with E-state index in [0.717, 1.165) is 20.9 Å². The summed E-state index contributed by atoms with van der Waals surface area (Å²) >= 11 is 0. The molecule has 0 saturated heterocycles. The van der Waals surface area contributed by atoms with Gasteiger partial charge in [0.15, 0.2) is 0 Å². The smallest absolute Gasteiger partial charge is 0.337 e. The molecule has 0 aliphatic carbocycles. The molecule has 2 heterocycles. The van der Waals surface area contributed by atoms with Crippen molar-refractivity contribution in [3.05, 3.63) is 106 Å². The highest BCUT2D eigenvalue weighted by Gasteiger charge is 2.09. The Hall–Kier alpha value is -2.96. The molecule has 0 N–H and O–H groups in total. The second-order valence-electron chi connectivity index (χ2n) is 5.85. The Morgan fingerprint density at radius 2 is 0.929 bits per heavy atom. The van der Waals surface area contributed by atoms with E-state index < -0.39 is 11.3 Å². The van der Waals surface area contributed by atoms with Crippen molar-refractivity contribution < 1.29 is 8.83 Å². The first-order valence-electron chi connectivity index (χ1n) is 8.43. The van der Waals surface area contributed by atoms with Gasteiger partial charge in [0.2, 0.25) is 0 Å². The first kappa shape index (κ1) is 18.4. The van der Waals surface area contributed by atoms with Crippen LogP contribution in [0.3, 0.4) is 0 Å². The summed E-state index contributed by atoms with van der Waals surface area (Å²) < 4.78 is 10.6. The van der Waals surface area contributed by atoms with Gasteiger partial charge in [-0.3, -0.25) is 0 Å². The average Bonchev–Trinajstić information content (AvgIpc) is 2.73. The Bertz CT molecular complexity index is 1100. The maximum atomic E-state index is 11.9. The first-order chi connectivity index (χ1) is 13.7. The summed E-state index contributed by atoms with van der Waals surface area (Å²) in [6.07, 6.45) is 0. The van der Waals surface area contributed by atoms with Gasteiger partial charge in [-0.15, -0.1) is 0 Å². The van der Waals surface area contributed by atoms with Gasteiger partial charge in [0.05, 0.1) is 0 Å². The summed E-state index contributed by atoms with van der Waals surface area (Å²) in [5.74, 6) is 1.02. The Morgan fingerprint density at radius 1 is 0.536 bits per heavy atom. The molecule has 4 rings (SSSR count). The van der Waals surface area contributed by atoms with Gasteiger partial charge >= 0.3 is 11.3 Å². The van der Waals surface area contributed by atoms with Gasteiger partial charge in [-0.25, -0.2) is 9.59 Å². The molecule has 2 aromatic carbocycles. The normalized spacial score (nSPS) is 10.7. The minimum atomic E-state index is -0.415. The summed E-state index contributed by atoms with van der Waals surface area (Å²) in [7, 11) is 2.77. The topological polar surface area (TPSA) is 60.4 Å². The number of hydrogen-bond acceptors (Lipinski definition) is 6. The molecule has 0 aliphatic rings. The van der Waals surface area contributed by atoms with Crippen molar-refractivity contribution in [2.75, 3.05) is 0 Å². The number of rotatable bonds is 5. The molecule has 0 unspecified atom stereocenters. The number of hydrogen-bond donors (Lipinski definition) is 0. The van der Waals surface area contributed by atoms with E-state index in [1.165, 1.54) is 33.7 Å². The third kappa shape index (κ3) is 4.47. The zero-order valence-electron chi connectivity index (χ0n) is 14.5. The summed E-state index contributed by atoms with van der Waals surface area (Å²) in [6.45, 7) is 0. The predicted molar refractivity (Wildman–Crippen MR) is 113 cm³/mol. The third-order valence-corrected chi connectivity index (χ3v) is 6.18. The third-order valence-electron chi connectivity index (χ3n) is 3.84. The lowest BCUT2D eigenvalue weighted by Gasteiger charge is -2.05. The van der Waals surface area contributed by atoms with Crippen LogP contribution in [0.2, 0.25) is 0 Å². The minimum Gasteiger partial charge on any atom is -0.423 e. The highest BCUT2D eigenvalue weighted by molar-refractivity contribution is 8.76. The van der Waals surface area contributed by atoms with Crippen LogP contribution in [0.4, 0.5) is 0 Å². The fourth-order valence-corrected chi connectivity index (χ4v) is 4.54. The van der Waals surface area contributed by atoms with Crippen molar-refractivity contribution in [2.45, 2.75) is 9.79 Å². The van der Waals surface area contributed by atoms with Crippen molar-refractivity contribution in [1.29, 1.82) is 0 Å². The molecule has 0 aliphatic heterocycles. The van der Waals surface area contributed by atoms with Gasteiger partial charge in [0, 0.05) is 33.1 Å². The molecule has 6 heteroatoms. The molecule has 0 saturated carbocycles. The maximum absolute atomic E-state index is 11.9. The van der Waals surface area contributed by atoms with Crippen LogP contribution in [0, 0.1) is 0 Å². The van der Waals surface area contributed by atoms with Crippen LogP contribution in [0.25, 0.3) is 22.6 Å². The van der Waals surface area contributed by atoms with Crippen LogP contribution in [0.15, 0.2) is 113 Å². The van der Waals surface area contributed by atoms with Crippen LogP contribution < -0.4 is 11.3 Å². The van der Waals surface area contributed by atoms with Gasteiger partial charge in [-0.05, 0) is 12.1 Å². The van der Waals surface area contributed by atoms with Gasteiger partial charge in [0.25, 0.3) is 0 Å². The summed E-state index contributed by atoms with van der Waals surface area (Å²) in [5.41, 5.74) is 0.835. The summed E-state index contributed by atoms with van der Waals surface area (Å²) in [4.78, 5) is 25.4. The van der Waals surface area contributed by atoms with Gasteiger partial charge in [-0.2, -0.15) is 0 Å². The molecule has 28 heavy (non-hydrogen) atoms. The van der Waals surface area contributed by atoms with E-state index in [2.05, 4.69) is 0 Å². The van der Waals surface area contributed by atoms with Crippen molar-refractivity contribution in [3.8, 4) is 22.6 Å². The maximum Gasteiger partial charge on any atom is 0.337 e. The Kier molecular flexibility index (Phi) is 5.50. The van der Waals surface area contributed by atoms with E-state index in [9.17, 15) is 9.59 Å². The Balaban J connectivity index is 1.59. The fourth-order valence-electron chi connectivity index (χ4n) is 2.59. The first-order valence-corrected chi connectivity index (χ1v) is 10.6. The predicted octanol–water partition coefficient (Wildman–Crippen LogP) is 5.73. The molecule has 0 atom stereocenters. The zero-order valence-corrected chi connectivity index (χ0v) is 16.2. The molecule has 0 spiro atoms. The standard InChI is InChI=1S/C22H14O4S2/c23-21-13-17(11-19(25-21)15-7-3-1-4-8-15)27-28-18-12-20(26-22(24)14-18)16-9-5-2-6-10-16/h1-14H. The van der Waals surface area contributed by atoms with E-state index in [1.54, 1.807) is 0 Å². The highest BCUT2D eigenvalue weighted by Crippen LogP contribution is 2.38. The molecule has 0 amide bonds. The second-order valence-corrected chi connectivity index (χ2v) is 8.13. The van der Waals surface area contributed by atoms with E-state index in [4.69, 9.17) is 8.83 Å². The van der Waals surface area contributed by atoms with Crippen LogP contribution >= 0.6 is 21.6 Å². The quantitative estimate of drug-likeness (QED) is 0.395. The molecule has 0 fully saturated rings. The van der Waals surface area contributed by atoms with Gasteiger partial charge < -0.3 is 8.83 Å². The minimum absolute atomic E-state index is 0.415. The van der Waals surface area contributed by atoms with Crippen LogP contribution in [0.1, 0.15) is 0 Å². The lowest BCUT2D eigenvalue weighted by Crippen LogP contribution is -1.98. The molecule has 2 aromatic heterocycles. The van der Waals surface area contributed by atoms with Crippen molar-refractivity contribution >= 4 is 21.6 Å². The van der Waals surface area contributed by atoms with E-state index >= 15 is 0 Å². The molecular formula is C22H14O4S2. The molecule has 138 valence electrons. The highest BCUT2D eigenvalue weighted by atomic mass is 33.1. The monoisotopic (exact) mass is 406 g/mol. The molecule has 0 radical (unpaired) electrons. The van der Waals surface area contributed by atoms with Gasteiger partial charge in [0.1, 0.15) is 11.5 Å². The van der Waals surface area contributed by atoms with Crippen LogP contribution in [0.5, 0.6) is 0 Å². The van der Waals surface area contributed by atoms with Crippen LogP contribution in [-0.4, -0.2) is 0 Å². The van der Waals surface area contributed by atoms with Gasteiger partial charge in [-0.1, -0.05) is 82.3 Å². The SMILES string of the molecule is O=c1cc(SSc2cc(-c3ccccc3)oc(=O)c2)cc(-c2ccccc2)o1. The molecule has 0 bridgehead atoms. The summed E-state index contributed by atoms with van der Waals surface area (Å²) in [5, 5.41) is 0. The van der Waals surface area contributed by atoms with Crippen LogP contribution in [-0.2, 0) is 0 Å². The van der Waals surface area contributed by atoms with E-state index in [1.807, 2.05) is 72.8 Å². The number of benzene rings is 2. The van der Waals surface area contributed by atoms with E-state index in [0.29, 0.717) is 11.5 Å². The average molecular weight is 406 g/mol. The molecular weight excluding hydrogens is 392 g/mol. The molecule has 4 aromatic rings. The largest absolute Gasteiger partial charge is 0.423 e. The Labute approximate surface area is 168 Å². The zero-order chi connectivity index (χ0) is 19.3. The van der Waals surface area contributed by atoms with Crippen molar-refractivity contribution in [3.63, 3.8) is 0 Å². The van der Waals surface area contributed by atoms with Crippen molar-refractivity contribution in [2.24, 2.45) is 0 Å². The molecule has 4 nitrogen and oxygen atoms in total. The van der Waals surface area contributed by atoms with Crippen molar-refractivity contribution in [1.82, 2.24) is 0 Å². The lowest BCUT2D eigenvalue weighted by atomic mass is 10.2. The van der Waals surface area contributed by atoms with E-state index in [-0.39, 0.29) is 0 Å². The Morgan fingerprint density at radius 3 is 1.32 bits per heavy atom. The summed E-state index contributed by atoms with van der Waals surface area (Å²) in [6, 6.07) is 25.4.